The fourth-order valence-electron chi connectivity index (χ4n) is 1.80. The summed E-state index contributed by atoms with van der Waals surface area (Å²) >= 11 is 0. The van der Waals surface area contributed by atoms with Gasteiger partial charge in [-0.25, -0.2) is 0 Å². The van der Waals surface area contributed by atoms with Crippen molar-refractivity contribution in [3.63, 3.8) is 0 Å². The Morgan fingerprint density at radius 3 is 3.25 bits per heavy atom. The Bertz CT molecular complexity index is 405. The standard InChI is InChI=1S/C12H15N3O/c1-9-10(6-13)5-12(7-15-9)16-8-11-3-2-4-14-11/h5,7,11,14H,2-4,8H2,1H3/t11-/m1/s1. The molecule has 1 aromatic rings. The highest BCUT2D eigenvalue weighted by Gasteiger charge is 2.14. The van der Waals surface area contributed by atoms with Gasteiger partial charge in [0.1, 0.15) is 18.4 Å². The summed E-state index contributed by atoms with van der Waals surface area (Å²) in [5.74, 6) is 0.677. The van der Waals surface area contributed by atoms with Gasteiger partial charge in [0, 0.05) is 12.1 Å². The summed E-state index contributed by atoms with van der Waals surface area (Å²) in [6.07, 6.45) is 4.04. The fourth-order valence-corrected chi connectivity index (χ4v) is 1.80. The second-order valence-electron chi connectivity index (χ2n) is 4.02. The van der Waals surface area contributed by atoms with E-state index in [1.54, 1.807) is 12.3 Å². The topological polar surface area (TPSA) is 57.9 Å². The summed E-state index contributed by atoms with van der Waals surface area (Å²) in [4.78, 5) is 4.13. The maximum atomic E-state index is 8.86. The van der Waals surface area contributed by atoms with Crippen molar-refractivity contribution in [3.8, 4) is 11.8 Å². The number of nitrogens with zero attached hydrogens (tertiary/aromatic N) is 2. The van der Waals surface area contributed by atoms with Crippen LogP contribution in [0.15, 0.2) is 12.3 Å². The lowest BCUT2D eigenvalue weighted by molar-refractivity contribution is 0.276. The number of aryl methyl sites for hydroxylation is 1. The van der Waals surface area contributed by atoms with E-state index in [0.717, 1.165) is 18.7 Å². The Labute approximate surface area is 95.3 Å². The van der Waals surface area contributed by atoms with Crippen LogP contribution in [0.4, 0.5) is 0 Å². The summed E-state index contributed by atoms with van der Waals surface area (Å²) in [6, 6.07) is 4.29. The van der Waals surface area contributed by atoms with Gasteiger partial charge in [-0.2, -0.15) is 5.26 Å². The summed E-state index contributed by atoms with van der Waals surface area (Å²) in [7, 11) is 0. The Balaban J connectivity index is 1.96. The summed E-state index contributed by atoms with van der Waals surface area (Å²) < 4.78 is 5.61. The van der Waals surface area contributed by atoms with Crippen LogP contribution in [0, 0.1) is 18.3 Å². The van der Waals surface area contributed by atoms with Gasteiger partial charge < -0.3 is 10.1 Å². The molecule has 0 aromatic carbocycles. The van der Waals surface area contributed by atoms with E-state index in [1.165, 1.54) is 6.42 Å². The molecule has 1 aromatic heterocycles. The Morgan fingerprint density at radius 1 is 1.69 bits per heavy atom. The van der Waals surface area contributed by atoms with Crippen molar-refractivity contribution in [2.24, 2.45) is 0 Å². The smallest absolute Gasteiger partial charge is 0.139 e. The van der Waals surface area contributed by atoms with E-state index in [1.807, 2.05) is 6.92 Å². The molecular formula is C12H15N3O. The zero-order valence-corrected chi connectivity index (χ0v) is 9.36. The number of pyridine rings is 1. The van der Waals surface area contributed by atoms with E-state index >= 15 is 0 Å². The van der Waals surface area contributed by atoms with Gasteiger partial charge in [0.25, 0.3) is 0 Å². The van der Waals surface area contributed by atoms with Gasteiger partial charge >= 0.3 is 0 Å². The molecule has 0 aliphatic carbocycles. The number of nitrogens with one attached hydrogen (secondary N) is 1. The van der Waals surface area contributed by atoms with E-state index in [4.69, 9.17) is 10.00 Å². The van der Waals surface area contributed by atoms with Gasteiger partial charge in [-0.3, -0.25) is 4.98 Å². The van der Waals surface area contributed by atoms with Gasteiger partial charge in [-0.05, 0) is 26.3 Å². The van der Waals surface area contributed by atoms with Crippen molar-refractivity contribution < 1.29 is 4.74 Å². The minimum atomic E-state index is 0.437. The van der Waals surface area contributed by atoms with E-state index in [0.29, 0.717) is 24.0 Å². The molecule has 1 aliphatic rings. The molecule has 0 saturated carbocycles. The lowest BCUT2D eigenvalue weighted by atomic mass is 10.2. The molecule has 16 heavy (non-hydrogen) atoms. The largest absolute Gasteiger partial charge is 0.490 e. The maximum Gasteiger partial charge on any atom is 0.139 e. The summed E-state index contributed by atoms with van der Waals surface area (Å²) in [5.41, 5.74) is 1.32. The molecule has 0 unspecified atom stereocenters. The minimum Gasteiger partial charge on any atom is -0.490 e. The van der Waals surface area contributed by atoms with Gasteiger partial charge in [0.2, 0.25) is 0 Å². The second kappa shape index (κ2) is 4.95. The molecule has 0 spiro atoms. The molecule has 4 nitrogen and oxygen atoms in total. The highest BCUT2D eigenvalue weighted by molar-refractivity contribution is 5.37. The molecule has 2 heterocycles. The van der Waals surface area contributed by atoms with Crippen LogP contribution in [-0.4, -0.2) is 24.2 Å². The second-order valence-corrected chi connectivity index (χ2v) is 4.02. The third-order valence-electron chi connectivity index (χ3n) is 2.80. The van der Waals surface area contributed by atoms with Gasteiger partial charge in [0.15, 0.2) is 0 Å². The number of aromatic nitrogens is 1. The Morgan fingerprint density at radius 2 is 2.56 bits per heavy atom. The first-order valence-corrected chi connectivity index (χ1v) is 5.52. The van der Waals surface area contributed by atoms with Crippen molar-refractivity contribution in [3.05, 3.63) is 23.5 Å². The third-order valence-corrected chi connectivity index (χ3v) is 2.80. The predicted molar refractivity (Wildman–Crippen MR) is 60.2 cm³/mol. The van der Waals surface area contributed by atoms with E-state index in [9.17, 15) is 0 Å². The molecule has 4 heteroatoms. The van der Waals surface area contributed by atoms with Gasteiger partial charge in [-0.15, -0.1) is 0 Å². The highest BCUT2D eigenvalue weighted by atomic mass is 16.5. The average molecular weight is 217 g/mol. The molecule has 1 saturated heterocycles. The van der Waals surface area contributed by atoms with E-state index in [-0.39, 0.29) is 0 Å². The summed E-state index contributed by atoms with van der Waals surface area (Å²) in [5, 5.41) is 12.2. The minimum absolute atomic E-state index is 0.437. The molecule has 1 N–H and O–H groups in total. The molecule has 2 rings (SSSR count). The normalized spacial score (nSPS) is 19.4. The monoisotopic (exact) mass is 217 g/mol. The Kier molecular flexibility index (Phi) is 3.37. The van der Waals surface area contributed by atoms with Crippen LogP contribution in [0.25, 0.3) is 0 Å². The first kappa shape index (κ1) is 10.9. The van der Waals surface area contributed by atoms with Gasteiger partial charge in [-0.1, -0.05) is 0 Å². The number of ether oxygens (including phenoxy) is 1. The molecule has 1 aliphatic heterocycles. The zero-order valence-electron chi connectivity index (χ0n) is 9.36. The van der Waals surface area contributed by atoms with Crippen LogP contribution < -0.4 is 10.1 Å². The highest BCUT2D eigenvalue weighted by Crippen LogP contribution is 2.15. The van der Waals surface area contributed by atoms with Crippen LogP contribution >= 0.6 is 0 Å². The van der Waals surface area contributed by atoms with Crippen LogP contribution in [0.1, 0.15) is 24.1 Å². The molecule has 1 atom stereocenters. The fraction of sp³-hybridized carbons (Fsp3) is 0.500. The molecule has 0 radical (unpaired) electrons. The third kappa shape index (κ3) is 2.50. The molecule has 84 valence electrons. The quantitative estimate of drug-likeness (QED) is 0.831. The average Bonchev–Trinajstić information content (AvgIpc) is 2.81. The molecule has 0 amide bonds. The summed E-state index contributed by atoms with van der Waals surface area (Å²) in [6.45, 7) is 3.54. The van der Waals surface area contributed by atoms with E-state index in [2.05, 4.69) is 16.4 Å². The first-order valence-electron chi connectivity index (χ1n) is 5.52. The molecule has 1 fully saturated rings. The van der Waals surface area contributed by atoms with Crippen LogP contribution in [-0.2, 0) is 0 Å². The molecule has 0 bridgehead atoms. The number of rotatable bonds is 3. The lowest BCUT2D eigenvalue weighted by Crippen LogP contribution is -2.28. The Hall–Kier alpha value is -1.60. The van der Waals surface area contributed by atoms with Crippen LogP contribution in [0.2, 0.25) is 0 Å². The predicted octanol–water partition coefficient (Wildman–Crippen LogP) is 1.39. The SMILES string of the molecule is Cc1ncc(OC[C@H]2CCCN2)cc1C#N. The van der Waals surface area contributed by atoms with Gasteiger partial charge in [0.05, 0.1) is 17.5 Å². The maximum absolute atomic E-state index is 8.86. The zero-order chi connectivity index (χ0) is 11.4. The van der Waals surface area contributed by atoms with Crippen LogP contribution in [0.3, 0.4) is 0 Å². The van der Waals surface area contributed by atoms with Crippen molar-refractivity contribution in [1.82, 2.24) is 10.3 Å². The van der Waals surface area contributed by atoms with Crippen LogP contribution in [0.5, 0.6) is 5.75 Å². The lowest BCUT2D eigenvalue weighted by Gasteiger charge is -2.12. The van der Waals surface area contributed by atoms with E-state index < -0.39 is 0 Å². The van der Waals surface area contributed by atoms with Crippen molar-refractivity contribution in [2.45, 2.75) is 25.8 Å². The number of hydrogen-bond acceptors (Lipinski definition) is 4. The van der Waals surface area contributed by atoms with Crippen molar-refractivity contribution in [1.29, 1.82) is 5.26 Å². The number of nitriles is 1. The number of hydrogen-bond donors (Lipinski definition) is 1. The van der Waals surface area contributed by atoms with Crippen molar-refractivity contribution in [2.75, 3.05) is 13.2 Å². The first-order chi connectivity index (χ1) is 7.79. The molecular weight excluding hydrogens is 202 g/mol. The van der Waals surface area contributed by atoms with Crippen molar-refractivity contribution >= 4 is 0 Å².